The molecule has 0 bridgehead atoms. The van der Waals surface area contributed by atoms with Crippen LogP contribution in [0.1, 0.15) is 27.2 Å². The van der Waals surface area contributed by atoms with Gasteiger partial charge in [-0.3, -0.25) is 0 Å². The van der Waals surface area contributed by atoms with Crippen molar-refractivity contribution in [3.63, 3.8) is 0 Å². The zero-order valence-electron chi connectivity index (χ0n) is 6.20. The fraction of sp³-hybridized carbons (Fsp3) is 1.00. The van der Waals surface area contributed by atoms with Crippen LogP contribution in [0.25, 0.3) is 0 Å². The highest BCUT2D eigenvalue weighted by atomic mass is 19.3. The number of halogens is 2. The highest BCUT2D eigenvalue weighted by Gasteiger charge is 2.10. The summed E-state index contributed by atoms with van der Waals surface area (Å²) in [6.45, 7) is 5.64. The van der Waals surface area contributed by atoms with E-state index in [9.17, 15) is 8.78 Å². The summed E-state index contributed by atoms with van der Waals surface area (Å²) < 4.78 is 22.6. The summed E-state index contributed by atoms with van der Waals surface area (Å²) in [6, 6.07) is -0.931. The second-order valence-corrected chi connectivity index (χ2v) is 1.41. The molecule has 0 heterocycles. The van der Waals surface area contributed by atoms with Crippen LogP contribution in [-0.4, -0.2) is 12.5 Å². The van der Waals surface area contributed by atoms with Crippen LogP contribution >= 0.6 is 0 Å². The first kappa shape index (κ1) is 11.6. The molecule has 58 valence electrons. The third-order valence-corrected chi connectivity index (χ3v) is 0.795. The van der Waals surface area contributed by atoms with E-state index in [2.05, 4.69) is 0 Å². The van der Waals surface area contributed by atoms with Crippen molar-refractivity contribution in [2.45, 2.75) is 39.7 Å². The van der Waals surface area contributed by atoms with Gasteiger partial charge in [0.2, 0.25) is 0 Å². The van der Waals surface area contributed by atoms with Gasteiger partial charge in [-0.05, 0) is 6.42 Å². The lowest BCUT2D eigenvalue weighted by molar-refractivity contribution is 0.114. The Morgan fingerprint density at radius 1 is 1.33 bits per heavy atom. The zero-order chi connectivity index (χ0) is 7.86. The smallest absolute Gasteiger partial charge is 0.253 e. The van der Waals surface area contributed by atoms with Crippen molar-refractivity contribution in [2.75, 3.05) is 0 Å². The molecule has 0 radical (unpaired) electrons. The Balaban J connectivity index is 0. The van der Waals surface area contributed by atoms with Crippen LogP contribution in [-0.2, 0) is 0 Å². The van der Waals surface area contributed by atoms with E-state index in [0.717, 1.165) is 0 Å². The molecule has 2 N–H and O–H groups in total. The molecule has 1 unspecified atom stereocenters. The molecular weight excluding hydrogens is 124 g/mol. The molecule has 1 nitrogen and oxygen atoms in total. The van der Waals surface area contributed by atoms with Gasteiger partial charge in [0.15, 0.2) is 0 Å². The summed E-state index contributed by atoms with van der Waals surface area (Å²) >= 11 is 0. The lowest BCUT2D eigenvalue weighted by Crippen LogP contribution is -2.27. The highest BCUT2D eigenvalue weighted by molar-refractivity contribution is 4.58. The number of hydrogen-bond donors (Lipinski definition) is 1. The quantitative estimate of drug-likeness (QED) is 0.622. The molecule has 1 atom stereocenters. The van der Waals surface area contributed by atoms with E-state index in [1.54, 1.807) is 6.92 Å². The molecule has 0 aliphatic heterocycles. The van der Waals surface area contributed by atoms with Crippen molar-refractivity contribution in [1.82, 2.24) is 0 Å². The Labute approximate surface area is 55.2 Å². The number of rotatable bonds is 2. The third kappa shape index (κ3) is 7.82. The number of alkyl halides is 2. The van der Waals surface area contributed by atoms with Gasteiger partial charge in [-0.25, -0.2) is 8.78 Å². The fourth-order valence-electron chi connectivity index (χ4n) is 0.178. The Kier molecular flexibility index (Phi) is 10.1. The Bertz CT molecular complexity index is 48.3. The average molecular weight is 139 g/mol. The molecule has 0 saturated heterocycles. The highest BCUT2D eigenvalue weighted by Crippen LogP contribution is 1.99. The average Bonchev–Trinajstić information content (AvgIpc) is 1.91. The molecule has 0 aliphatic carbocycles. The van der Waals surface area contributed by atoms with E-state index < -0.39 is 12.5 Å². The van der Waals surface area contributed by atoms with Crippen LogP contribution in [0.5, 0.6) is 0 Å². The predicted octanol–water partition coefficient (Wildman–Crippen LogP) is 2.01. The summed E-state index contributed by atoms with van der Waals surface area (Å²) in [5.41, 5.74) is 4.87. The lowest BCUT2D eigenvalue weighted by Gasteiger charge is -2.03. The van der Waals surface area contributed by atoms with Gasteiger partial charge in [0.05, 0.1) is 6.04 Å². The van der Waals surface area contributed by atoms with E-state index in [1.165, 1.54) is 0 Å². The standard InChI is InChI=1S/C4H9F2N.C2H6/c1-2-3(7)4(5)6;1-2/h3-4H,2,7H2,1H3;1-2H3. The Morgan fingerprint density at radius 2 is 1.67 bits per heavy atom. The van der Waals surface area contributed by atoms with Gasteiger partial charge in [-0.2, -0.15) is 0 Å². The lowest BCUT2D eigenvalue weighted by atomic mass is 10.3. The Hall–Kier alpha value is -0.180. The van der Waals surface area contributed by atoms with Crippen molar-refractivity contribution < 1.29 is 8.78 Å². The monoisotopic (exact) mass is 139 g/mol. The predicted molar refractivity (Wildman–Crippen MR) is 35.6 cm³/mol. The summed E-state index contributed by atoms with van der Waals surface area (Å²) in [7, 11) is 0. The molecule has 0 spiro atoms. The van der Waals surface area contributed by atoms with E-state index in [0.29, 0.717) is 6.42 Å². The molecular formula is C6H15F2N. The van der Waals surface area contributed by atoms with E-state index in [4.69, 9.17) is 5.73 Å². The second-order valence-electron chi connectivity index (χ2n) is 1.41. The van der Waals surface area contributed by atoms with E-state index in [-0.39, 0.29) is 0 Å². The fourth-order valence-corrected chi connectivity index (χ4v) is 0.178. The van der Waals surface area contributed by atoms with Crippen LogP contribution < -0.4 is 5.73 Å². The Morgan fingerprint density at radius 3 is 1.67 bits per heavy atom. The molecule has 0 amide bonds. The SMILES string of the molecule is CC.CCC(N)C(F)F. The van der Waals surface area contributed by atoms with Crippen molar-refractivity contribution in [3.05, 3.63) is 0 Å². The van der Waals surface area contributed by atoms with Crippen LogP contribution in [0.4, 0.5) is 8.78 Å². The molecule has 0 aliphatic rings. The topological polar surface area (TPSA) is 26.0 Å². The number of nitrogens with two attached hydrogens (primary N) is 1. The van der Waals surface area contributed by atoms with Gasteiger partial charge < -0.3 is 5.73 Å². The van der Waals surface area contributed by atoms with Gasteiger partial charge in [-0.15, -0.1) is 0 Å². The van der Waals surface area contributed by atoms with Crippen molar-refractivity contribution in [3.8, 4) is 0 Å². The molecule has 0 saturated carbocycles. The molecule has 3 heteroatoms. The van der Waals surface area contributed by atoms with E-state index in [1.807, 2.05) is 13.8 Å². The van der Waals surface area contributed by atoms with Crippen LogP contribution in [0.2, 0.25) is 0 Å². The molecule has 0 rings (SSSR count). The van der Waals surface area contributed by atoms with Crippen molar-refractivity contribution in [1.29, 1.82) is 0 Å². The second kappa shape index (κ2) is 7.82. The summed E-state index contributed by atoms with van der Waals surface area (Å²) in [6.07, 6.45) is -2.01. The first-order valence-corrected chi connectivity index (χ1v) is 3.22. The normalized spacial score (nSPS) is 12.3. The van der Waals surface area contributed by atoms with Crippen LogP contribution in [0.3, 0.4) is 0 Å². The van der Waals surface area contributed by atoms with Gasteiger partial charge in [-0.1, -0.05) is 20.8 Å². The maximum atomic E-state index is 11.3. The maximum absolute atomic E-state index is 11.3. The van der Waals surface area contributed by atoms with Crippen molar-refractivity contribution in [2.24, 2.45) is 5.73 Å². The molecule has 0 fully saturated rings. The largest absolute Gasteiger partial charge is 0.323 e. The molecule has 0 aromatic rings. The molecule has 0 aromatic carbocycles. The van der Waals surface area contributed by atoms with Gasteiger partial charge in [0.1, 0.15) is 0 Å². The minimum atomic E-state index is -2.36. The van der Waals surface area contributed by atoms with Crippen LogP contribution in [0, 0.1) is 0 Å². The van der Waals surface area contributed by atoms with Gasteiger partial charge in [0.25, 0.3) is 6.43 Å². The minimum Gasteiger partial charge on any atom is -0.323 e. The van der Waals surface area contributed by atoms with E-state index >= 15 is 0 Å². The third-order valence-electron chi connectivity index (χ3n) is 0.795. The summed E-state index contributed by atoms with van der Waals surface area (Å²) in [5.74, 6) is 0. The number of hydrogen-bond acceptors (Lipinski definition) is 1. The first-order chi connectivity index (χ1) is 4.18. The summed E-state index contributed by atoms with van der Waals surface area (Å²) in [5, 5.41) is 0. The van der Waals surface area contributed by atoms with Gasteiger partial charge in [0, 0.05) is 0 Å². The molecule has 0 aromatic heterocycles. The molecule has 9 heavy (non-hydrogen) atoms. The summed E-state index contributed by atoms with van der Waals surface area (Å²) in [4.78, 5) is 0. The van der Waals surface area contributed by atoms with Crippen LogP contribution in [0.15, 0.2) is 0 Å². The maximum Gasteiger partial charge on any atom is 0.253 e. The van der Waals surface area contributed by atoms with Gasteiger partial charge >= 0.3 is 0 Å². The van der Waals surface area contributed by atoms with Crippen molar-refractivity contribution >= 4 is 0 Å². The first-order valence-electron chi connectivity index (χ1n) is 3.22. The zero-order valence-corrected chi connectivity index (χ0v) is 6.20. The minimum absolute atomic E-state index is 0.345.